The summed E-state index contributed by atoms with van der Waals surface area (Å²) in [7, 11) is 0. The standard InChI is InChI=1S/C12H15NO2/c1-8-4-3-5-10(9(8)2)11-6-7-13-12(14)15-11/h3-5,11H,6-7H2,1-2H3,(H,13,14)/t11-/m0/s1. The average Bonchev–Trinajstić information content (AvgIpc) is 2.22. The van der Waals surface area contributed by atoms with Gasteiger partial charge in [0.15, 0.2) is 0 Å². The van der Waals surface area contributed by atoms with Crippen molar-refractivity contribution in [2.24, 2.45) is 0 Å². The molecule has 0 spiro atoms. The smallest absolute Gasteiger partial charge is 0.407 e. The minimum absolute atomic E-state index is 0.0846. The highest BCUT2D eigenvalue weighted by atomic mass is 16.6. The first-order valence-electron chi connectivity index (χ1n) is 5.19. The summed E-state index contributed by atoms with van der Waals surface area (Å²) >= 11 is 0. The Morgan fingerprint density at radius 1 is 1.40 bits per heavy atom. The Hall–Kier alpha value is -1.51. The Morgan fingerprint density at radius 2 is 2.20 bits per heavy atom. The summed E-state index contributed by atoms with van der Waals surface area (Å²) in [6.07, 6.45) is 0.446. The zero-order valence-electron chi connectivity index (χ0n) is 9.04. The second-order valence-electron chi connectivity index (χ2n) is 3.90. The van der Waals surface area contributed by atoms with E-state index in [-0.39, 0.29) is 12.2 Å². The maximum absolute atomic E-state index is 11.1. The fourth-order valence-electron chi connectivity index (χ4n) is 1.88. The predicted octanol–water partition coefficient (Wildman–Crippen LogP) is 2.47. The molecule has 1 aliphatic rings. The van der Waals surface area contributed by atoms with Crippen molar-refractivity contribution >= 4 is 6.09 Å². The number of rotatable bonds is 1. The molecule has 3 nitrogen and oxygen atoms in total. The molecule has 1 aromatic carbocycles. The molecule has 1 atom stereocenters. The van der Waals surface area contributed by atoms with E-state index in [1.807, 2.05) is 12.1 Å². The Labute approximate surface area is 89.4 Å². The van der Waals surface area contributed by atoms with Gasteiger partial charge in [-0.1, -0.05) is 18.2 Å². The van der Waals surface area contributed by atoms with Crippen LogP contribution in [0.1, 0.15) is 29.2 Å². The van der Waals surface area contributed by atoms with Crippen LogP contribution in [0.25, 0.3) is 0 Å². The van der Waals surface area contributed by atoms with Gasteiger partial charge in [-0.25, -0.2) is 4.79 Å². The second kappa shape index (κ2) is 3.93. The molecule has 1 aliphatic heterocycles. The van der Waals surface area contributed by atoms with Crippen molar-refractivity contribution in [3.05, 3.63) is 34.9 Å². The number of carbonyl (C=O) groups excluding carboxylic acids is 1. The Kier molecular flexibility index (Phi) is 2.62. The number of ether oxygens (including phenoxy) is 1. The number of amides is 1. The van der Waals surface area contributed by atoms with E-state index in [1.165, 1.54) is 11.1 Å². The topological polar surface area (TPSA) is 38.3 Å². The summed E-state index contributed by atoms with van der Waals surface area (Å²) in [5, 5.41) is 2.65. The lowest BCUT2D eigenvalue weighted by molar-refractivity contribution is 0.0735. The highest BCUT2D eigenvalue weighted by molar-refractivity contribution is 5.68. The van der Waals surface area contributed by atoms with Gasteiger partial charge in [0.05, 0.1) is 0 Å². The van der Waals surface area contributed by atoms with Gasteiger partial charge < -0.3 is 10.1 Å². The van der Waals surface area contributed by atoms with Gasteiger partial charge in [0.25, 0.3) is 0 Å². The van der Waals surface area contributed by atoms with Crippen LogP contribution in [0.3, 0.4) is 0 Å². The zero-order chi connectivity index (χ0) is 10.8. The van der Waals surface area contributed by atoms with Crippen molar-refractivity contribution in [3.63, 3.8) is 0 Å². The van der Waals surface area contributed by atoms with E-state index in [4.69, 9.17) is 4.74 Å². The molecule has 1 amide bonds. The minimum atomic E-state index is -0.313. The molecule has 1 saturated heterocycles. The van der Waals surface area contributed by atoms with Gasteiger partial charge in [-0.3, -0.25) is 0 Å². The fourth-order valence-corrected chi connectivity index (χ4v) is 1.88. The number of carbonyl (C=O) groups is 1. The molecule has 15 heavy (non-hydrogen) atoms. The largest absolute Gasteiger partial charge is 0.441 e. The molecule has 0 radical (unpaired) electrons. The van der Waals surface area contributed by atoms with Crippen LogP contribution in [0.5, 0.6) is 0 Å². The molecule has 0 aliphatic carbocycles. The number of hydrogen-bond acceptors (Lipinski definition) is 2. The molecule has 0 unspecified atom stereocenters. The molecule has 80 valence electrons. The summed E-state index contributed by atoms with van der Waals surface area (Å²) in [6.45, 7) is 4.83. The summed E-state index contributed by atoms with van der Waals surface area (Å²) in [6, 6.07) is 6.11. The number of aryl methyl sites for hydroxylation is 1. The lowest BCUT2D eigenvalue weighted by atomic mass is 9.97. The van der Waals surface area contributed by atoms with Crippen LogP contribution in [0.15, 0.2) is 18.2 Å². The maximum Gasteiger partial charge on any atom is 0.407 e. The van der Waals surface area contributed by atoms with E-state index in [0.717, 1.165) is 12.0 Å². The van der Waals surface area contributed by atoms with Gasteiger partial charge in [0, 0.05) is 13.0 Å². The third-order valence-corrected chi connectivity index (χ3v) is 2.92. The van der Waals surface area contributed by atoms with E-state index in [0.29, 0.717) is 6.54 Å². The Balaban J connectivity index is 2.28. The van der Waals surface area contributed by atoms with E-state index in [1.54, 1.807) is 0 Å². The molecule has 2 rings (SSSR count). The third kappa shape index (κ3) is 1.96. The van der Waals surface area contributed by atoms with E-state index in [9.17, 15) is 4.79 Å². The first-order valence-corrected chi connectivity index (χ1v) is 5.19. The number of benzene rings is 1. The van der Waals surface area contributed by atoms with Crippen LogP contribution < -0.4 is 5.32 Å². The number of nitrogens with one attached hydrogen (secondary N) is 1. The lowest BCUT2D eigenvalue weighted by Crippen LogP contribution is -2.34. The molecule has 1 heterocycles. The molecule has 3 heteroatoms. The number of alkyl carbamates (subject to hydrolysis) is 1. The van der Waals surface area contributed by atoms with Crippen molar-refractivity contribution < 1.29 is 9.53 Å². The van der Waals surface area contributed by atoms with Crippen LogP contribution in [0.2, 0.25) is 0 Å². The van der Waals surface area contributed by atoms with Crippen LogP contribution >= 0.6 is 0 Å². The van der Waals surface area contributed by atoms with Crippen molar-refractivity contribution in [1.29, 1.82) is 0 Å². The fraction of sp³-hybridized carbons (Fsp3) is 0.417. The average molecular weight is 205 g/mol. The normalized spacial score (nSPS) is 20.7. The molecule has 0 saturated carbocycles. The lowest BCUT2D eigenvalue weighted by Gasteiger charge is -2.25. The van der Waals surface area contributed by atoms with Crippen LogP contribution in [0, 0.1) is 13.8 Å². The second-order valence-corrected chi connectivity index (χ2v) is 3.90. The van der Waals surface area contributed by atoms with Gasteiger partial charge in [-0.15, -0.1) is 0 Å². The molecule has 0 aromatic heterocycles. The molecular formula is C12H15NO2. The molecule has 0 bridgehead atoms. The van der Waals surface area contributed by atoms with E-state index in [2.05, 4.69) is 25.2 Å². The summed E-state index contributed by atoms with van der Waals surface area (Å²) < 4.78 is 5.26. The number of cyclic esters (lactones) is 1. The zero-order valence-corrected chi connectivity index (χ0v) is 9.04. The summed E-state index contributed by atoms with van der Waals surface area (Å²) in [5.74, 6) is 0. The molecule has 1 fully saturated rings. The predicted molar refractivity (Wildman–Crippen MR) is 57.8 cm³/mol. The molecular weight excluding hydrogens is 190 g/mol. The maximum atomic E-state index is 11.1. The number of hydrogen-bond donors (Lipinski definition) is 1. The summed E-state index contributed by atoms with van der Waals surface area (Å²) in [5.41, 5.74) is 3.59. The first kappa shape index (κ1) is 10.0. The minimum Gasteiger partial charge on any atom is -0.441 e. The molecule has 1 aromatic rings. The first-order chi connectivity index (χ1) is 7.18. The highest BCUT2D eigenvalue weighted by Gasteiger charge is 2.22. The van der Waals surface area contributed by atoms with Crippen molar-refractivity contribution in [3.8, 4) is 0 Å². The Bertz CT molecular complexity index is 387. The SMILES string of the molecule is Cc1cccc([C@@H]2CCNC(=O)O2)c1C. The highest BCUT2D eigenvalue weighted by Crippen LogP contribution is 2.27. The van der Waals surface area contributed by atoms with Gasteiger partial charge in [0.2, 0.25) is 0 Å². The Morgan fingerprint density at radius 3 is 2.93 bits per heavy atom. The molecule has 1 N–H and O–H groups in total. The van der Waals surface area contributed by atoms with Gasteiger partial charge in [0.1, 0.15) is 6.10 Å². The van der Waals surface area contributed by atoms with Crippen molar-refractivity contribution in [2.45, 2.75) is 26.4 Å². The van der Waals surface area contributed by atoms with Crippen molar-refractivity contribution in [1.82, 2.24) is 5.32 Å². The van der Waals surface area contributed by atoms with Gasteiger partial charge in [-0.05, 0) is 30.5 Å². The van der Waals surface area contributed by atoms with E-state index < -0.39 is 0 Å². The summed E-state index contributed by atoms with van der Waals surface area (Å²) in [4.78, 5) is 11.1. The third-order valence-electron chi connectivity index (χ3n) is 2.92. The van der Waals surface area contributed by atoms with Gasteiger partial charge in [-0.2, -0.15) is 0 Å². The van der Waals surface area contributed by atoms with Crippen LogP contribution in [-0.4, -0.2) is 12.6 Å². The quantitative estimate of drug-likeness (QED) is 0.764. The van der Waals surface area contributed by atoms with Crippen LogP contribution in [0.4, 0.5) is 4.79 Å². The van der Waals surface area contributed by atoms with Gasteiger partial charge >= 0.3 is 6.09 Å². The monoisotopic (exact) mass is 205 g/mol. The van der Waals surface area contributed by atoms with Crippen molar-refractivity contribution in [2.75, 3.05) is 6.54 Å². The van der Waals surface area contributed by atoms with Crippen LogP contribution in [-0.2, 0) is 4.74 Å². The van der Waals surface area contributed by atoms with E-state index >= 15 is 0 Å².